The molecule has 0 radical (unpaired) electrons. The molecule has 0 bridgehead atoms. The third-order valence-corrected chi connectivity index (χ3v) is 6.35. The highest BCUT2D eigenvalue weighted by Crippen LogP contribution is 2.44. The Morgan fingerprint density at radius 2 is 1.49 bits per heavy atom. The predicted octanol–water partition coefficient (Wildman–Crippen LogP) is 5.42. The number of carbonyl (C=O) groups is 3. The first-order chi connectivity index (χ1) is 16.8. The summed E-state index contributed by atoms with van der Waals surface area (Å²) in [7, 11) is 0. The highest BCUT2D eigenvalue weighted by Gasteiger charge is 2.34. The van der Waals surface area contributed by atoms with Gasteiger partial charge in [0.25, 0.3) is 5.91 Å². The number of hydrogen-bond donors (Lipinski definition) is 3. The Balaban J connectivity index is 1.37. The van der Waals surface area contributed by atoms with E-state index in [2.05, 4.69) is 34.9 Å². The van der Waals surface area contributed by atoms with Gasteiger partial charge in [-0.2, -0.15) is 0 Å². The Morgan fingerprint density at radius 1 is 0.914 bits per heavy atom. The molecule has 1 atom stereocenters. The van der Waals surface area contributed by atoms with Crippen LogP contribution in [0.5, 0.6) is 0 Å². The van der Waals surface area contributed by atoms with Crippen LogP contribution < -0.4 is 10.6 Å². The lowest BCUT2D eigenvalue weighted by atomic mass is 9.95. The molecule has 1 aliphatic carbocycles. The molecular formula is C28H28N2O5. The Morgan fingerprint density at radius 3 is 2.03 bits per heavy atom. The topological polar surface area (TPSA) is 105 Å². The van der Waals surface area contributed by atoms with Crippen LogP contribution in [-0.4, -0.2) is 35.2 Å². The van der Waals surface area contributed by atoms with Gasteiger partial charge in [-0.3, -0.25) is 10.1 Å². The van der Waals surface area contributed by atoms with Gasteiger partial charge in [0.15, 0.2) is 0 Å². The van der Waals surface area contributed by atoms with E-state index in [4.69, 9.17) is 4.74 Å². The highest BCUT2D eigenvalue weighted by molar-refractivity contribution is 5.98. The lowest BCUT2D eigenvalue weighted by Gasteiger charge is -2.25. The van der Waals surface area contributed by atoms with E-state index in [9.17, 15) is 19.5 Å². The Kier molecular flexibility index (Phi) is 6.87. The zero-order valence-electron chi connectivity index (χ0n) is 19.7. The summed E-state index contributed by atoms with van der Waals surface area (Å²) >= 11 is 0. The second-order valence-electron chi connectivity index (χ2n) is 8.87. The van der Waals surface area contributed by atoms with E-state index in [1.165, 1.54) is 19.1 Å². The van der Waals surface area contributed by atoms with Gasteiger partial charge in [0.2, 0.25) is 0 Å². The maximum atomic E-state index is 12.5. The number of anilines is 1. The molecule has 1 aliphatic rings. The van der Waals surface area contributed by atoms with Gasteiger partial charge in [0, 0.05) is 17.2 Å². The molecule has 1 unspecified atom stereocenters. The number of rotatable bonds is 8. The van der Waals surface area contributed by atoms with Gasteiger partial charge < -0.3 is 15.2 Å². The maximum Gasteiger partial charge on any atom is 0.411 e. The van der Waals surface area contributed by atoms with Crippen molar-refractivity contribution in [2.45, 2.75) is 38.1 Å². The molecule has 2 amide bonds. The van der Waals surface area contributed by atoms with Crippen LogP contribution in [0.3, 0.4) is 0 Å². The largest absolute Gasteiger partial charge is 0.480 e. The molecule has 0 heterocycles. The first-order valence-electron chi connectivity index (χ1n) is 11.6. The van der Waals surface area contributed by atoms with Gasteiger partial charge in [-0.1, -0.05) is 61.9 Å². The third-order valence-electron chi connectivity index (χ3n) is 6.35. The summed E-state index contributed by atoms with van der Waals surface area (Å²) in [5.41, 5.74) is 4.00. The fraction of sp³-hybridized carbons (Fsp3) is 0.250. The molecule has 0 saturated heterocycles. The standard InChI is InChI=1S/C28H28N2O5/c1-3-16-28(2,26(32)33)30-25(31)18-12-14-19(15-13-18)29-27(34)35-17-24-22-10-6-4-8-20(22)21-9-5-7-11-23(21)24/h4-15,24H,3,16-17H2,1-2H3,(H,29,34)(H,30,31)(H,32,33). The van der Waals surface area contributed by atoms with Crippen LogP contribution in [0.25, 0.3) is 11.1 Å². The van der Waals surface area contributed by atoms with Crippen molar-refractivity contribution < 1.29 is 24.2 Å². The zero-order chi connectivity index (χ0) is 25.0. The summed E-state index contributed by atoms with van der Waals surface area (Å²) in [6, 6.07) is 22.5. The predicted molar refractivity (Wildman–Crippen MR) is 134 cm³/mol. The Labute approximate surface area is 204 Å². The van der Waals surface area contributed by atoms with E-state index < -0.39 is 23.5 Å². The zero-order valence-corrected chi connectivity index (χ0v) is 19.7. The van der Waals surface area contributed by atoms with Crippen LogP contribution in [0, 0.1) is 0 Å². The van der Waals surface area contributed by atoms with Gasteiger partial charge in [0.1, 0.15) is 12.1 Å². The number of ether oxygens (including phenoxy) is 1. The molecule has 180 valence electrons. The molecule has 3 aromatic carbocycles. The number of carboxylic acid groups (broad SMARTS) is 1. The average molecular weight is 473 g/mol. The van der Waals surface area contributed by atoms with Crippen molar-refractivity contribution in [1.29, 1.82) is 0 Å². The van der Waals surface area contributed by atoms with Crippen molar-refractivity contribution in [3.8, 4) is 11.1 Å². The molecule has 0 aliphatic heterocycles. The monoisotopic (exact) mass is 472 g/mol. The minimum atomic E-state index is -1.34. The number of hydrogen-bond acceptors (Lipinski definition) is 4. The smallest absolute Gasteiger partial charge is 0.411 e. The van der Waals surface area contributed by atoms with E-state index in [0.717, 1.165) is 22.3 Å². The van der Waals surface area contributed by atoms with Crippen molar-refractivity contribution in [2.75, 3.05) is 11.9 Å². The minimum Gasteiger partial charge on any atom is -0.480 e. The van der Waals surface area contributed by atoms with Gasteiger partial charge >= 0.3 is 12.1 Å². The van der Waals surface area contributed by atoms with Gasteiger partial charge in [-0.15, -0.1) is 0 Å². The lowest BCUT2D eigenvalue weighted by molar-refractivity contribution is -0.144. The molecule has 3 aromatic rings. The fourth-order valence-corrected chi connectivity index (χ4v) is 4.50. The van der Waals surface area contributed by atoms with Gasteiger partial charge in [-0.25, -0.2) is 9.59 Å². The first-order valence-corrected chi connectivity index (χ1v) is 11.6. The summed E-state index contributed by atoms with van der Waals surface area (Å²) in [5, 5.41) is 14.7. The van der Waals surface area contributed by atoms with Crippen molar-refractivity contribution in [1.82, 2.24) is 5.32 Å². The normalized spacial score (nSPS) is 13.8. The van der Waals surface area contributed by atoms with Crippen molar-refractivity contribution >= 4 is 23.7 Å². The molecule has 3 N–H and O–H groups in total. The quantitative estimate of drug-likeness (QED) is 0.406. The molecule has 0 saturated carbocycles. The van der Waals surface area contributed by atoms with Crippen LogP contribution in [-0.2, 0) is 9.53 Å². The number of fused-ring (bicyclic) bond motifs is 3. The van der Waals surface area contributed by atoms with E-state index >= 15 is 0 Å². The first kappa shape index (κ1) is 24.0. The number of nitrogens with one attached hydrogen (secondary N) is 2. The van der Waals surface area contributed by atoms with Crippen LogP contribution in [0.2, 0.25) is 0 Å². The number of aliphatic carboxylic acids is 1. The highest BCUT2D eigenvalue weighted by atomic mass is 16.5. The average Bonchev–Trinajstić information content (AvgIpc) is 3.17. The molecule has 0 fully saturated rings. The molecule has 0 spiro atoms. The van der Waals surface area contributed by atoms with E-state index in [0.29, 0.717) is 24.1 Å². The molecule has 35 heavy (non-hydrogen) atoms. The fourth-order valence-electron chi connectivity index (χ4n) is 4.50. The van der Waals surface area contributed by atoms with Gasteiger partial charge in [-0.05, 0) is 59.9 Å². The third kappa shape index (κ3) is 5.04. The van der Waals surface area contributed by atoms with Gasteiger partial charge in [0.05, 0.1) is 0 Å². The molecule has 7 nitrogen and oxygen atoms in total. The molecule has 4 rings (SSSR count). The second-order valence-corrected chi connectivity index (χ2v) is 8.87. The summed E-state index contributed by atoms with van der Waals surface area (Å²) in [5.74, 6) is -1.61. The van der Waals surface area contributed by atoms with E-state index in [-0.39, 0.29) is 12.5 Å². The molecule has 7 heteroatoms. The minimum absolute atomic E-state index is 0.0362. The summed E-state index contributed by atoms with van der Waals surface area (Å²) < 4.78 is 5.55. The molecular weight excluding hydrogens is 444 g/mol. The van der Waals surface area contributed by atoms with E-state index in [1.54, 1.807) is 12.1 Å². The van der Waals surface area contributed by atoms with Crippen LogP contribution in [0.1, 0.15) is 54.1 Å². The number of carboxylic acids is 1. The maximum absolute atomic E-state index is 12.5. The second kappa shape index (κ2) is 10.0. The van der Waals surface area contributed by atoms with Crippen LogP contribution in [0.4, 0.5) is 10.5 Å². The summed E-state index contributed by atoms with van der Waals surface area (Å²) in [4.78, 5) is 36.6. The number of benzene rings is 3. The summed E-state index contributed by atoms with van der Waals surface area (Å²) in [6.07, 6.45) is 0.340. The van der Waals surface area contributed by atoms with Crippen molar-refractivity contribution in [3.05, 3.63) is 89.5 Å². The lowest BCUT2D eigenvalue weighted by Crippen LogP contribution is -2.52. The Hall–Kier alpha value is -4.13. The number of carbonyl (C=O) groups excluding carboxylic acids is 2. The van der Waals surface area contributed by atoms with Crippen molar-refractivity contribution in [2.24, 2.45) is 0 Å². The van der Waals surface area contributed by atoms with Crippen LogP contribution in [0.15, 0.2) is 72.8 Å². The van der Waals surface area contributed by atoms with Crippen LogP contribution >= 0.6 is 0 Å². The van der Waals surface area contributed by atoms with E-state index in [1.807, 2.05) is 31.2 Å². The summed E-state index contributed by atoms with van der Waals surface area (Å²) in [6.45, 7) is 3.55. The molecule has 0 aromatic heterocycles. The Bertz CT molecular complexity index is 1210. The SMILES string of the molecule is CCCC(C)(NC(=O)c1ccc(NC(=O)OCC2c3ccccc3-c3ccccc32)cc1)C(=O)O. The number of amides is 2. The van der Waals surface area contributed by atoms with Crippen molar-refractivity contribution in [3.63, 3.8) is 0 Å².